The first-order chi connectivity index (χ1) is 20.0. The van der Waals surface area contributed by atoms with E-state index in [1.54, 1.807) is 12.1 Å². The maximum atomic E-state index is 9.55. The Morgan fingerprint density at radius 2 is 0.762 bits per heavy atom. The fourth-order valence-corrected chi connectivity index (χ4v) is 5.67. The van der Waals surface area contributed by atoms with Gasteiger partial charge in [-0.15, -0.1) is 0 Å². The maximum Gasteiger partial charge on any atom is 0.162 e. The van der Waals surface area contributed by atoms with Gasteiger partial charge in [0.1, 0.15) is 12.1 Å². The molecule has 0 N–H and O–H groups in total. The second-order valence-corrected chi connectivity index (χ2v) is 14.3. The third kappa shape index (κ3) is 17.7. The van der Waals surface area contributed by atoms with E-state index in [-0.39, 0.29) is 0 Å². The Labute approximate surface area is 260 Å². The molecule has 4 nitrogen and oxygen atoms in total. The van der Waals surface area contributed by atoms with E-state index >= 15 is 0 Å². The summed E-state index contributed by atoms with van der Waals surface area (Å²) in [6.45, 7) is 19.8. The minimum absolute atomic E-state index is 0.343. The van der Waals surface area contributed by atoms with E-state index in [9.17, 15) is 10.5 Å². The van der Waals surface area contributed by atoms with Gasteiger partial charge in [0.25, 0.3) is 0 Å². The Hall–Kier alpha value is -2.20. The molecule has 0 spiro atoms. The standard InChI is InChI=1S/C38H64N2O2/c1-29(2)13-9-15-31(5)17-11-19-33(7)21-23-41-37-25-35(27-39)36(28-40)26-38(37)42-24-22-34(8)20-12-18-32(6)16-10-14-30(3)4/h25-26,29-34H,9-24H2,1-8H3. The number of benzene rings is 1. The molecular formula is C38H64N2O2. The molecule has 0 saturated carbocycles. The molecule has 4 unspecified atom stereocenters. The third-order valence-corrected chi connectivity index (χ3v) is 8.81. The molecule has 0 aliphatic heterocycles. The van der Waals surface area contributed by atoms with Crippen molar-refractivity contribution in [2.45, 2.75) is 145 Å². The topological polar surface area (TPSA) is 66.0 Å². The van der Waals surface area contributed by atoms with Crippen LogP contribution in [0.15, 0.2) is 12.1 Å². The van der Waals surface area contributed by atoms with Crippen LogP contribution in [0.25, 0.3) is 0 Å². The highest BCUT2D eigenvalue weighted by molar-refractivity contribution is 5.56. The van der Waals surface area contributed by atoms with Gasteiger partial charge < -0.3 is 9.47 Å². The number of rotatable bonds is 24. The van der Waals surface area contributed by atoms with Gasteiger partial charge in [-0.3, -0.25) is 0 Å². The number of ether oxygens (including phenoxy) is 2. The summed E-state index contributed by atoms with van der Waals surface area (Å²) in [5, 5.41) is 19.1. The Morgan fingerprint density at radius 3 is 1.05 bits per heavy atom. The van der Waals surface area contributed by atoms with Crippen LogP contribution in [0.4, 0.5) is 0 Å². The van der Waals surface area contributed by atoms with Crippen LogP contribution >= 0.6 is 0 Å². The summed E-state index contributed by atoms with van der Waals surface area (Å²) in [5.41, 5.74) is 0.686. The van der Waals surface area contributed by atoms with Crippen LogP contribution in [-0.4, -0.2) is 13.2 Å². The van der Waals surface area contributed by atoms with E-state index < -0.39 is 0 Å². The molecular weight excluding hydrogens is 516 g/mol. The normalized spacial score (nSPS) is 14.3. The average molecular weight is 581 g/mol. The van der Waals surface area contributed by atoms with Gasteiger partial charge in [-0.25, -0.2) is 0 Å². The zero-order valence-corrected chi connectivity index (χ0v) is 28.6. The molecule has 4 heteroatoms. The minimum atomic E-state index is 0.343. The molecule has 1 rings (SSSR count). The molecule has 4 atom stereocenters. The van der Waals surface area contributed by atoms with Crippen LogP contribution in [-0.2, 0) is 0 Å². The van der Waals surface area contributed by atoms with E-state index in [4.69, 9.17) is 9.47 Å². The van der Waals surface area contributed by atoms with Gasteiger partial charge in [0, 0.05) is 12.1 Å². The predicted octanol–water partition coefficient (Wildman–Crippen LogP) is 11.5. The molecule has 42 heavy (non-hydrogen) atoms. The molecule has 0 aliphatic rings. The second kappa shape index (κ2) is 22.4. The van der Waals surface area contributed by atoms with E-state index in [1.165, 1.54) is 77.0 Å². The molecule has 238 valence electrons. The van der Waals surface area contributed by atoms with Crippen LogP contribution in [0.1, 0.15) is 156 Å². The van der Waals surface area contributed by atoms with Crippen molar-refractivity contribution in [1.82, 2.24) is 0 Å². The van der Waals surface area contributed by atoms with Gasteiger partial charge in [-0.1, -0.05) is 132 Å². The molecule has 0 aliphatic carbocycles. The van der Waals surface area contributed by atoms with Gasteiger partial charge in [0.05, 0.1) is 24.3 Å². The SMILES string of the molecule is CC(C)CCCC(C)CCCC(C)CCOc1cc(C#N)c(C#N)cc1OCCC(C)CCCC(C)CCCC(C)C. The summed E-state index contributed by atoms with van der Waals surface area (Å²) < 4.78 is 12.3. The van der Waals surface area contributed by atoms with Crippen molar-refractivity contribution in [1.29, 1.82) is 10.5 Å². The van der Waals surface area contributed by atoms with Crippen molar-refractivity contribution in [3.8, 4) is 23.6 Å². The smallest absolute Gasteiger partial charge is 0.162 e. The van der Waals surface area contributed by atoms with Crippen molar-refractivity contribution in [2.24, 2.45) is 35.5 Å². The van der Waals surface area contributed by atoms with E-state index in [0.717, 1.165) is 36.5 Å². The Bertz CT molecular complexity index is 851. The van der Waals surface area contributed by atoms with Crippen LogP contribution < -0.4 is 9.47 Å². The van der Waals surface area contributed by atoms with Gasteiger partial charge in [-0.2, -0.15) is 10.5 Å². The zero-order valence-electron chi connectivity index (χ0n) is 28.6. The largest absolute Gasteiger partial charge is 0.490 e. The summed E-state index contributed by atoms with van der Waals surface area (Å²) in [4.78, 5) is 0. The molecule has 0 bridgehead atoms. The zero-order chi connectivity index (χ0) is 31.3. The van der Waals surface area contributed by atoms with Crippen LogP contribution in [0.3, 0.4) is 0 Å². The number of nitrogens with zero attached hydrogens (tertiary/aromatic N) is 2. The first-order valence-corrected chi connectivity index (χ1v) is 17.3. The number of hydrogen-bond donors (Lipinski definition) is 0. The van der Waals surface area contributed by atoms with E-state index in [1.807, 2.05) is 0 Å². The van der Waals surface area contributed by atoms with Gasteiger partial charge in [-0.05, 0) is 48.3 Å². The molecule has 1 aromatic rings. The highest BCUT2D eigenvalue weighted by atomic mass is 16.5. The lowest BCUT2D eigenvalue weighted by Crippen LogP contribution is -2.09. The van der Waals surface area contributed by atoms with Crippen molar-refractivity contribution >= 4 is 0 Å². The first kappa shape index (κ1) is 37.8. The third-order valence-electron chi connectivity index (χ3n) is 8.81. The summed E-state index contributed by atoms with van der Waals surface area (Å²) in [6.07, 6.45) is 17.6. The quantitative estimate of drug-likeness (QED) is 0.122. The molecule has 0 amide bonds. The van der Waals surface area contributed by atoms with Crippen LogP contribution in [0.2, 0.25) is 0 Å². The summed E-state index contributed by atoms with van der Waals surface area (Å²) >= 11 is 0. The van der Waals surface area contributed by atoms with Gasteiger partial charge in [0.2, 0.25) is 0 Å². The first-order valence-electron chi connectivity index (χ1n) is 17.3. The summed E-state index contributed by atoms with van der Waals surface area (Å²) in [7, 11) is 0. The second-order valence-electron chi connectivity index (χ2n) is 14.3. The monoisotopic (exact) mass is 580 g/mol. The summed E-state index contributed by atoms with van der Waals surface area (Å²) in [6, 6.07) is 7.64. The number of nitriles is 2. The molecule has 0 radical (unpaired) electrons. The van der Waals surface area contributed by atoms with Gasteiger partial charge >= 0.3 is 0 Å². The lowest BCUT2D eigenvalue weighted by Gasteiger charge is -2.18. The average Bonchev–Trinajstić information content (AvgIpc) is 2.92. The Morgan fingerprint density at radius 1 is 0.476 bits per heavy atom. The molecule has 0 saturated heterocycles. The molecule has 0 aromatic heterocycles. The molecule has 0 heterocycles. The number of hydrogen-bond acceptors (Lipinski definition) is 4. The van der Waals surface area contributed by atoms with E-state index in [2.05, 4.69) is 67.5 Å². The fraction of sp³-hybridized carbons (Fsp3) is 0.789. The van der Waals surface area contributed by atoms with Crippen molar-refractivity contribution in [2.75, 3.05) is 13.2 Å². The van der Waals surface area contributed by atoms with Crippen LogP contribution in [0.5, 0.6) is 11.5 Å². The minimum Gasteiger partial charge on any atom is -0.490 e. The Kier molecular flexibility index (Phi) is 20.1. The van der Waals surface area contributed by atoms with Crippen molar-refractivity contribution in [3.63, 3.8) is 0 Å². The van der Waals surface area contributed by atoms with Crippen molar-refractivity contribution < 1.29 is 9.47 Å². The predicted molar refractivity (Wildman–Crippen MR) is 178 cm³/mol. The van der Waals surface area contributed by atoms with Gasteiger partial charge in [0.15, 0.2) is 11.5 Å². The van der Waals surface area contributed by atoms with E-state index in [0.29, 0.717) is 47.7 Å². The lowest BCUT2D eigenvalue weighted by molar-refractivity contribution is 0.236. The molecule has 1 aromatic carbocycles. The highest BCUT2D eigenvalue weighted by Crippen LogP contribution is 2.32. The Balaban J connectivity index is 2.49. The van der Waals surface area contributed by atoms with Crippen LogP contribution in [0, 0.1) is 58.2 Å². The molecule has 0 fully saturated rings. The van der Waals surface area contributed by atoms with Crippen molar-refractivity contribution in [3.05, 3.63) is 23.3 Å². The fourth-order valence-electron chi connectivity index (χ4n) is 5.67. The lowest BCUT2D eigenvalue weighted by atomic mass is 9.93. The highest BCUT2D eigenvalue weighted by Gasteiger charge is 2.15. The maximum absolute atomic E-state index is 9.55. The summed E-state index contributed by atoms with van der Waals surface area (Å²) in [5.74, 6) is 5.56.